The van der Waals surface area contributed by atoms with Crippen LogP contribution in [0.4, 0.5) is 4.39 Å². The van der Waals surface area contributed by atoms with Gasteiger partial charge in [0.1, 0.15) is 6.61 Å². The highest BCUT2D eigenvalue weighted by atomic mass is 35.5. The van der Waals surface area contributed by atoms with Crippen LogP contribution in [0.1, 0.15) is 0 Å². The molecule has 0 saturated heterocycles. The highest BCUT2D eigenvalue weighted by Gasteiger charge is 2.14. The lowest BCUT2D eigenvalue weighted by Gasteiger charge is -2.08. The molecule has 0 amide bonds. The zero-order chi connectivity index (χ0) is 10.6. The molecule has 1 N–H and O–H groups in total. The minimum Gasteiger partial charge on any atom is -0.488 e. The molecule has 0 aliphatic carbocycles. The van der Waals surface area contributed by atoms with Crippen molar-refractivity contribution in [1.29, 1.82) is 0 Å². The predicted octanol–water partition coefficient (Wildman–Crippen LogP) is 1.90. The Morgan fingerprint density at radius 2 is 2.21 bits per heavy atom. The van der Waals surface area contributed by atoms with Crippen LogP contribution in [-0.4, -0.2) is 23.1 Å². The molecule has 0 fully saturated rings. The van der Waals surface area contributed by atoms with Crippen LogP contribution in [-0.2, 0) is 4.79 Å². The fourth-order valence-corrected chi connectivity index (χ4v) is 0.859. The largest absolute Gasteiger partial charge is 0.488 e. The molecule has 5 heteroatoms. The summed E-state index contributed by atoms with van der Waals surface area (Å²) < 4.78 is 17.8. The number of carbonyl (C=O) groups is 1. The van der Waals surface area contributed by atoms with Crippen molar-refractivity contribution in [3.8, 4) is 5.75 Å². The highest BCUT2D eigenvalue weighted by Crippen LogP contribution is 2.16. The predicted molar refractivity (Wildman–Crippen MR) is 49.2 cm³/mol. The summed E-state index contributed by atoms with van der Waals surface area (Å²) >= 11 is 5.37. The molecule has 0 heterocycles. The van der Waals surface area contributed by atoms with E-state index in [0.717, 1.165) is 0 Å². The van der Waals surface area contributed by atoms with Gasteiger partial charge in [0.15, 0.2) is 16.9 Å². The van der Waals surface area contributed by atoms with Crippen molar-refractivity contribution in [2.45, 2.75) is 5.38 Å². The minimum absolute atomic E-state index is 0.000556. The summed E-state index contributed by atoms with van der Waals surface area (Å²) in [6.45, 7) is -0.266. The van der Waals surface area contributed by atoms with Crippen LogP contribution in [0.2, 0.25) is 0 Å². The quantitative estimate of drug-likeness (QED) is 0.786. The second-order valence-electron chi connectivity index (χ2n) is 2.55. The average Bonchev–Trinajstić information content (AvgIpc) is 2.16. The number of ether oxygens (including phenoxy) is 1. The first-order valence-corrected chi connectivity index (χ1v) is 4.29. The molecule has 1 aromatic rings. The summed E-state index contributed by atoms with van der Waals surface area (Å²) in [6, 6.07) is 5.72. The molecule has 0 aliphatic heterocycles. The van der Waals surface area contributed by atoms with Crippen molar-refractivity contribution in [2.75, 3.05) is 6.61 Å². The molecule has 0 bridgehead atoms. The Hall–Kier alpha value is -1.29. The summed E-state index contributed by atoms with van der Waals surface area (Å²) in [6.07, 6.45) is 0. The number of hydrogen-bond acceptors (Lipinski definition) is 2. The van der Waals surface area contributed by atoms with E-state index in [-0.39, 0.29) is 12.4 Å². The maximum Gasteiger partial charge on any atom is 0.325 e. The second kappa shape index (κ2) is 4.81. The van der Waals surface area contributed by atoms with Gasteiger partial charge in [-0.25, -0.2) is 4.39 Å². The molecule has 0 saturated carbocycles. The van der Waals surface area contributed by atoms with E-state index in [2.05, 4.69) is 0 Å². The number of halogens is 2. The third kappa shape index (κ3) is 2.88. The van der Waals surface area contributed by atoms with E-state index < -0.39 is 17.2 Å². The Balaban J connectivity index is 2.54. The van der Waals surface area contributed by atoms with E-state index in [1.54, 1.807) is 6.07 Å². The monoisotopic (exact) mass is 218 g/mol. The number of carboxylic acids is 1. The molecular weight excluding hydrogens is 211 g/mol. The lowest BCUT2D eigenvalue weighted by molar-refractivity contribution is -0.137. The fourth-order valence-electron chi connectivity index (χ4n) is 0.796. The third-order valence-electron chi connectivity index (χ3n) is 1.49. The molecule has 76 valence electrons. The summed E-state index contributed by atoms with van der Waals surface area (Å²) in [7, 11) is 0. The summed E-state index contributed by atoms with van der Waals surface area (Å²) in [4.78, 5) is 10.3. The molecule has 0 aliphatic rings. The molecule has 1 rings (SSSR count). The number of aliphatic carboxylic acids is 1. The van der Waals surface area contributed by atoms with Crippen molar-refractivity contribution < 1.29 is 19.0 Å². The van der Waals surface area contributed by atoms with Crippen LogP contribution >= 0.6 is 11.6 Å². The van der Waals surface area contributed by atoms with Gasteiger partial charge >= 0.3 is 5.97 Å². The van der Waals surface area contributed by atoms with E-state index in [1.165, 1.54) is 18.2 Å². The molecule has 1 aromatic carbocycles. The van der Waals surface area contributed by atoms with Crippen molar-refractivity contribution in [3.63, 3.8) is 0 Å². The lowest BCUT2D eigenvalue weighted by atomic mass is 10.3. The maximum absolute atomic E-state index is 12.9. The van der Waals surface area contributed by atoms with Gasteiger partial charge in [0.05, 0.1) is 0 Å². The first-order valence-electron chi connectivity index (χ1n) is 3.85. The molecule has 14 heavy (non-hydrogen) atoms. The summed E-state index contributed by atoms with van der Waals surface area (Å²) in [5.41, 5.74) is 0. The van der Waals surface area contributed by atoms with Crippen LogP contribution in [0.3, 0.4) is 0 Å². The van der Waals surface area contributed by atoms with Crippen LogP contribution in [0.15, 0.2) is 24.3 Å². The van der Waals surface area contributed by atoms with Gasteiger partial charge in [-0.2, -0.15) is 0 Å². The minimum atomic E-state index is -1.19. The van der Waals surface area contributed by atoms with Crippen LogP contribution in [0, 0.1) is 5.82 Å². The van der Waals surface area contributed by atoms with E-state index in [1.807, 2.05) is 0 Å². The van der Waals surface area contributed by atoms with Gasteiger partial charge in [-0.3, -0.25) is 4.79 Å². The number of alkyl halides is 1. The highest BCUT2D eigenvalue weighted by molar-refractivity contribution is 6.29. The van der Waals surface area contributed by atoms with Crippen LogP contribution in [0.25, 0.3) is 0 Å². The van der Waals surface area contributed by atoms with Gasteiger partial charge in [0, 0.05) is 0 Å². The van der Waals surface area contributed by atoms with Gasteiger partial charge in [-0.15, -0.1) is 11.6 Å². The number of hydrogen-bond donors (Lipinski definition) is 1. The Labute approximate surface area is 85.1 Å². The van der Waals surface area contributed by atoms with Crippen molar-refractivity contribution in [3.05, 3.63) is 30.1 Å². The van der Waals surface area contributed by atoms with Crippen molar-refractivity contribution >= 4 is 17.6 Å². The van der Waals surface area contributed by atoms with Gasteiger partial charge < -0.3 is 9.84 Å². The molecular formula is C9H8ClFO3. The molecule has 3 nitrogen and oxygen atoms in total. The zero-order valence-electron chi connectivity index (χ0n) is 7.11. The number of rotatable bonds is 4. The lowest BCUT2D eigenvalue weighted by Crippen LogP contribution is -2.21. The normalized spacial score (nSPS) is 12.1. The fraction of sp³-hybridized carbons (Fsp3) is 0.222. The van der Waals surface area contributed by atoms with Gasteiger partial charge in [-0.05, 0) is 12.1 Å². The summed E-state index contributed by atoms with van der Waals surface area (Å²) in [5.74, 6) is -1.73. The zero-order valence-corrected chi connectivity index (χ0v) is 7.87. The van der Waals surface area contributed by atoms with Gasteiger partial charge in [0.25, 0.3) is 0 Å². The topological polar surface area (TPSA) is 46.5 Å². The number of carboxylic acid groups (broad SMARTS) is 1. The van der Waals surface area contributed by atoms with Gasteiger partial charge in [0.2, 0.25) is 0 Å². The van der Waals surface area contributed by atoms with E-state index >= 15 is 0 Å². The second-order valence-corrected chi connectivity index (χ2v) is 3.07. The molecule has 1 atom stereocenters. The maximum atomic E-state index is 12.9. The van der Waals surface area contributed by atoms with Crippen molar-refractivity contribution in [2.24, 2.45) is 0 Å². The number of para-hydroxylation sites is 1. The first-order chi connectivity index (χ1) is 6.61. The average molecular weight is 219 g/mol. The SMILES string of the molecule is O=C(O)C(Cl)COc1ccccc1F. The number of benzene rings is 1. The first kappa shape index (κ1) is 10.8. The molecule has 0 aromatic heterocycles. The molecule has 0 radical (unpaired) electrons. The van der Waals surface area contributed by atoms with Crippen molar-refractivity contribution in [1.82, 2.24) is 0 Å². The van der Waals surface area contributed by atoms with E-state index in [4.69, 9.17) is 21.4 Å². The molecule has 1 unspecified atom stereocenters. The Bertz CT molecular complexity index is 330. The van der Waals surface area contributed by atoms with Gasteiger partial charge in [-0.1, -0.05) is 12.1 Å². The third-order valence-corrected chi connectivity index (χ3v) is 1.80. The summed E-state index contributed by atoms with van der Waals surface area (Å²) in [5, 5.41) is 7.25. The Morgan fingerprint density at radius 1 is 1.57 bits per heavy atom. The Morgan fingerprint density at radius 3 is 2.79 bits per heavy atom. The smallest absolute Gasteiger partial charge is 0.325 e. The Kier molecular flexibility index (Phi) is 3.71. The standard InChI is InChI=1S/C9H8ClFO3/c10-6(9(12)13)5-14-8-4-2-1-3-7(8)11/h1-4,6H,5H2,(H,12,13). The molecule has 0 spiro atoms. The van der Waals surface area contributed by atoms with Crippen LogP contribution < -0.4 is 4.74 Å². The van der Waals surface area contributed by atoms with Crippen LogP contribution in [0.5, 0.6) is 5.75 Å². The van der Waals surface area contributed by atoms with E-state index in [0.29, 0.717) is 0 Å². The van der Waals surface area contributed by atoms with E-state index in [9.17, 15) is 9.18 Å².